The molecule has 2 N–H and O–H groups in total. The zero-order chi connectivity index (χ0) is 22.4. The summed E-state index contributed by atoms with van der Waals surface area (Å²) in [5.74, 6) is -1.20. The predicted molar refractivity (Wildman–Crippen MR) is 115 cm³/mol. The Labute approximate surface area is 181 Å². The van der Waals surface area contributed by atoms with E-state index in [4.69, 9.17) is 9.47 Å². The van der Waals surface area contributed by atoms with E-state index in [9.17, 15) is 14.4 Å². The summed E-state index contributed by atoms with van der Waals surface area (Å²) >= 11 is 0. The molecule has 1 atom stereocenters. The minimum Gasteiger partial charge on any atom is -0.462 e. The van der Waals surface area contributed by atoms with Gasteiger partial charge in [0.1, 0.15) is 12.2 Å². The lowest BCUT2D eigenvalue weighted by Crippen LogP contribution is -2.33. The number of amides is 2. The number of aromatic nitrogens is 1. The maximum Gasteiger partial charge on any atom is 0.325 e. The number of esters is 1. The van der Waals surface area contributed by atoms with E-state index in [1.165, 1.54) is 0 Å². The molecule has 8 nitrogen and oxygen atoms in total. The van der Waals surface area contributed by atoms with Crippen LogP contribution in [0.2, 0.25) is 0 Å². The van der Waals surface area contributed by atoms with Gasteiger partial charge in [-0.25, -0.2) is 0 Å². The summed E-state index contributed by atoms with van der Waals surface area (Å²) in [5.41, 5.74) is 2.41. The summed E-state index contributed by atoms with van der Waals surface area (Å²) in [7, 11) is 0. The van der Waals surface area contributed by atoms with Crippen LogP contribution in [0, 0.1) is 0 Å². The van der Waals surface area contributed by atoms with Crippen molar-refractivity contribution in [1.29, 1.82) is 0 Å². The van der Waals surface area contributed by atoms with Crippen molar-refractivity contribution in [2.75, 3.05) is 13.2 Å². The molecule has 1 aromatic heterocycles. The average molecular weight is 428 g/mol. The molecule has 1 aliphatic rings. The first kappa shape index (κ1) is 22.6. The van der Waals surface area contributed by atoms with E-state index in [-0.39, 0.29) is 31.2 Å². The van der Waals surface area contributed by atoms with Crippen LogP contribution < -0.4 is 10.6 Å². The van der Waals surface area contributed by atoms with Gasteiger partial charge >= 0.3 is 5.97 Å². The van der Waals surface area contributed by atoms with Gasteiger partial charge in [0.15, 0.2) is 0 Å². The maximum atomic E-state index is 13.1. The van der Waals surface area contributed by atoms with Crippen molar-refractivity contribution in [2.45, 2.75) is 52.5 Å². The summed E-state index contributed by atoms with van der Waals surface area (Å²) in [5, 5.41) is 5.64. The first-order chi connectivity index (χ1) is 14.9. The molecule has 0 fully saturated rings. The van der Waals surface area contributed by atoms with Gasteiger partial charge in [0.05, 0.1) is 36.6 Å². The molecule has 0 saturated heterocycles. The Kier molecular flexibility index (Phi) is 7.46. The lowest BCUT2D eigenvalue weighted by atomic mass is 10.0. The molecular weight excluding hydrogens is 398 g/mol. The minimum absolute atomic E-state index is 0.142. The second-order valence-corrected chi connectivity index (χ2v) is 7.66. The molecule has 1 aromatic carbocycles. The Morgan fingerprint density at radius 2 is 1.90 bits per heavy atom. The molecule has 0 unspecified atom stereocenters. The molecule has 3 rings (SSSR count). The number of fused-ring (bicyclic) bond motifs is 1. The van der Waals surface area contributed by atoms with E-state index < -0.39 is 11.9 Å². The fourth-order valence-electron chi connectivity index (χ4n) is 3.60. The lowest BCUT2D eigenvalue weighted by Gasteiger charge is -2.20. The first-order valence-electron chi connectivity index (χ1n) is 10.5. The number of rotatable bonds is 8. The Balaban J connectivity index is 1.78. The molecular formula is C23H29N3O5. The molecule has 8 heteroatoms. The van der Waals surface area contributed by atoms with Crippen LogP contribution in [0.1, 0.15) is 65.3 Å². The highest BCUT2D eigenvalue weighted by molar-refractivity contribution is 6.01. The van der Waals surface area contributed by atoms with Crippen LogP contribution in [-0.4, -0.2) is 41.6 Å². The normalized spacial score (nSPS) is 13.9. The topological polar surface area (TPSA) is 98.7 Å². The molecule has 1 aliphatic heterocycles. The second-order valence-electron chi connectivity index (χ2n) is 7.66. The van der Waals surface area contributed by atoms with E-state index in [1.54, 1.807) is 24.5 Å². The highest BCUT2D eigenvalue weighted by atomic mass is 16.5. The predicted octanol–water partition coefficient (Wildman–Crippen LogP) is 2.58. The monoisotopic (exact) mass is 427 g/mol. The van der Waals surface area contributed by atoms with Gasteiger partial charge in [0.25, 0.3) is 11.8 Å². The van der Waals surface area contributed by atoms with Gasteiger partial charge < -0.3 is 24.7 Å². The van der Waals surface area contributed by atoms with E-state index >= 15 is 0 Å². The van der Waals surface area contributed by atoms with Gasteiger partial charge in [0, 0.05) is 6.54 Å². The third kappa shape index (κ3) is 5.52. The molecule has 0 spiro atoms. The van der Waals surface area contributed by atoms with Gasteiger partial charge in [0.2, 0.25) is 0 Å². The van der Waals surface area contributed by atoms with E-state index in [0.29, 0.717) is 30.1 Å². The molecule has 2 amide bonds. The Bertz CT molecular complexity index is 936. The van der Waals surface area contributed by atoms with Crippen LogP contribution in [0.25, 0.3) is 0 Å². The zero-order valence-corrected chi connectivity index (χ0v) is 18.1. The summed E-state index contributed by atoms with van der Waals surface area (Å²) < 4.78 is 12.4. The molecule has 2 aromatic rings. The zero-order valence-electron chi connectivity index (χ0n) is 18.1. The molecule has 2 heterocycles. The van der Waals surface area contributed by atoms with Gasteiger partial charge in [-0.05, 0) is 31.9 Å². The third-order valence-corrected chi connectivity index (χ3v) is 5.06. The molecule has 0 aliphatic carbocycles. The largest absolute Gasteiger partial charge is 0.462 e. The third-order valence-electron chi connectivity index (χ3n) is 5.06. The number of ether oxygens (including phenoxy) is 2. The number of hydrogen-bond donors (Lipinski definition) is 2. The van der Waals surface area contributed by atoms with Crippen molar-refractivity contribution in [3.8, 4) is 0 Å². The number of carbonyl (C=O) groups excluding carboxylic acids is 3. The summed E-state index contributed by atoms with van der Waals surface area (Å²) in [6.45, 7) is 6.40. The molecule has 0 bridgehead atoms. The Hall–Kier alpha value is -3.13. The molecule has 31 heavy (non-hydrogen) atoms. The first-order valence-corrected chi connectivity index (χ1v) is 10.5. The molecule has 166 valence electrons. The van der Waals surface area contributed by atoms with Crippen LogP contribution in [-0.2, 0) is 27.4 Å². The van der Waals surface area contributed by atoms with E-state index in [2.05, 4.69) is 10.6 Å². The summed E-state index contributed by atoms with van der Waals surface area (Å²) in [6.07, 6.45) is 0.474. The number of carbonyl (C=O) groups is 3. The summed E-state index contributed by atoms with van der Waals surface area (Å²) in [6, 6.07) is 11.2. The van der Waals surface area contributed by atoms with Gasteiger partial charge in [-0.15, -0.1) is 0 Å². The van der Waals surface area contributed by atoms with Crippen molar-refractivity contribution in [3.63, 3.8) is 0 Å². The van der Waals surface area contributed by atoms with Crippen LogP contribution >= 0.6 is 0 Å². The number of benzene rings is 1. The maximum absolute atomic E-state index is 13.1. The Morgan fingerprint density at radius 1 is 1.16 bits per heavy atom. The van der Waals surface area contributed by atoms with Crippen molar-refractivity contribution < 1.29 is 23.9 Å². The fourth-order valence-corrected chi connectivity index (χ4v) is 3.60. The van der Waals surface area contributed by atoms with Crippen LogP contribution in [0.4, 0.5) is 0 Å². The second kappa shape index (κ2) is 10.3. The number of nitrogens with zero attached hydrogens (tertiary/aromatic N) is 1. The average Bonchev–Trinajstić information content (AvgIpc) is 3.16. The number of nitrogens with one attached hydrogen (secondary N) is 2. The van der Waals surface area contributed by atoms with Crippen molar-refractivity contribution in [3.05, 3.63) is 58.9 Å². The van der Waals surface area contributed by atoms with E-state index in [0.717, 1.165) is 12.0 Å². The minimum atomic E-state index is -0.510. The van der Waals surface area contributed by atoms with Gasteiger partial charge in [-0.2, -0.15) is 0 Å². The van der Waals surface area contributed by atoms with Crippen LogP contribution in [0.5, 0.6) is 0 Å². The quantitative estimate of drug-likeness (QED) is 0.631. The number of hydrogen-bond acceptors (Lipinski definition) is 5. The standard InChI is InChI=1S/C23H29N3O5/c1-4-18(16-8-6-5-7-9-16)25-22(28)17-12-19(26-10-11-30-14-20(17)26)23(29)24-13-21(27)31-15(2)3/h5-9,12,15,18H,4,10-11,13-14H2,1-3H3,(H,24,29)(H,25,28)/t18-/m1/s1. The SMILES string of the molecule is CC[C@@H](NC(=O)c1cc(C(=O)NCC(=O)OC(C)C)n2c1COCC2)c1ccccc1. The van der Waals surface area contributed by atoms with Crippen molar-refractivity contribution in [1.82, 2.24) is 15.2 Å². The van der Waals surface area contributed by atoms with Crippen molar-refractivity contribution >= 4 is 17.8 Å². The molecule has 0 radical (unpaired) electrons. The molecule has 0 saturated carbocycles. The fraction of sp³-hybridized carbons (Fsp3) is 0.435. The van der Waals surface area contributed by atoms with Crippen LogP contribution in [0.15, 0.2) is 36.4 Å². The Morgan fingerprint density at radius 3 is 2.58 bits per heavy atom. The highest BCUT2D eigenvalue weighted by Crippen LogP contribution is 2.23. The smallest absolute Gasteiger partial charge is 0.325 e. The van der Waals surface area contributed by atoms with Crippen molar-refractivity contribution in [2.24, 2.45) is 0 Å². The van der Waals surface area contributed by atoms with Gasteiger partial charge in [-0.1, -0.05) is 37.3 Å². The van der Waals surface area contributed by atoms with E-state index in [1.807, 2.05) is 37.3 Å². The lowest BCUT2D eigenvalue weighted by molar-refractivity contribution is -0.146. The van der Waals surface area contributed by atoms with Crippen LogP contribution in [0.3, 0.4) is 0 Å². The van der Waals surface area contributed by atoms with Gasteiger partial charge in [-0.3, -0.25) is 14.4 Å². The highest BCUT2D eigenvalue weighted by Gasteiger charge is 2.27. The summed E-state index contributed by atoms with van der Waals surface area (Å²) in [4.78, 5) is 37.6.